The maximum absolute atomic E-state index is 12.2. The molecule has 1 rings (SSSR count). The fraction of sp³-hybridized carbons (Fsp3) is 0.600. The predicted molar refractivity (Wildman–Crippen MR) is 80.8 cm³/mol. The summed E-state index contributed by atoms with van der Waals surface area (Å²) < 4.78 is 5.00. The molecule has 1 aromatic heterocycles. The Kier molecular flexibility index (Phi) is 5.51. The van der Waals surface area contributed by atoms with Crippen LogP contribution >= 0.6 is 0 Å². The Bertz CT molecular complexity index is 467. The summed E-state index contributed by atoms with van der Waals surface area (Å²) in [5.74, 6) is 0.236. The van der Waals surface area contributed by atoms with E-state index in [4.69, 9.17) is 10.5 Å². The van der Waals surface area contributed by atoms with Gasteiger partial charge in [-0.05, 0) is 25.5 Å². The Morgan fingerprint density at radius 2 is 2.10 bits per heavy atom. The summed E-state index contributed by atoms with van der Waals surface area (Å²) >= 11 is 0. The van der Waals surface area contributed by atoms with Gasteiger partial charge in [0, 0.05) is 36.4 Å². The van der Waals surface area contributed by atoms with Gasteiger partial charge < -0.3 is 15.8 Å². The molecule has 0 aliphatic carbocycles. The molecule has 20 heavy (non-hydrogen) atoms. The Morgan fingerprint density at radius 3 is 2.65 bits per heavy atom. The second kappa shape index (κ2) is 6.70. The van der Waals surface area contributed by atoms with Gasteiger partial charge in [0.2, 0.25) is 0 Å². The molecule has 1 unspecified atom stereocenters. The monoisotopic (exact) mass is 279 g/mol. The molecule has 1 atom stereocenters. The minimum Gasteiger partial charge on any atom is -0.385 e. The summed E-state index contributed by atoms with van der Waals surface area (Å²) in [7, 11) is 1.65. The molecule has 112 valence electrons. The van der Waals surface area contributed by atoms with Crippen molar-refractivity contribution < 1.29 is 9.53 Å². The summed E-state index contributed by atoms with van der Waals surface area (Å²) in [5, 5.41) is 2.93. The van der Waals surface area contributed by atoms with E-state index in [1.54, 1.807) is 19.2 Å². The van der Waals surface area contributed by atoms with Crippen molar-refractivity contribution in [2.24, 2.45) is 0 Å². The van der Waals surface area contributed by atoms with Gasteiger partial charge >= 0.3 is 0 Å². The molecule has 0 aliphatic heterocycles. The van der Waals surface area contributed by atoms with Crippen molar-refractivity contribution in [3.8, 4) is 0 Å². The topological polar surface area (TPSA) is 77.2 Å². The van der Waals surface area contributed by atoms with Crippen molar-refractivity contribution in [2.75, 3.05) is 19.5 Å². The van der Waals surface area contributed by atoms with Crippen LogP contribution in [-0.4, -0.2) is 30.6 Å². The molecule has 5 nitrogen and oxygen atoms in total. The first-order chi connectivity index (χ1) is 9.24. The van der Waals surface area contributed by atoms with Crippen LogP contribution in [0.25, 0.3) is 0 Å². The number of nitrogen functional groups attached to an aromatic ring is 1. The molecule has 0 bridgehead atoms. The first-order valence-electron chi connectivity index (χ1n) is 6.82. The van der Waals surface area contributed by atoms with Crippen LogP contribution in [0.15, 0.2) is 12.1 Å². The van der Waals surface area contributed by atoms with Crippen LogP contribution in [0, 0.1) is 0 Å². The van der Waals surface area contributed by atoms with Crippen LogP contribution in [0.3, 0.4) is 0 Å². The van der Waals surface area contributed by atoms with Crippen LogP contribution in [0.4, 0.5) is 5.82 Å². The minimum atomic E-state index is -0.147. The van der Waals surface area contributed by atoms with Crippen molar-refractivity contribution in [1.29, 1.82) is 0 Å². The highest BCUT2D eigenvalue weighted by atomic mass is 16.5. The van der Waals surface area contributed by atoms with E-state index in [2.05, 4.69) is 10.3 Å². The summed E-state index contributed by atoms with van der Waals surface area (Å²) in [4.78, 5) is 16.5. The van der Waals surface area contributed by atoms with Crippen molar-refractivity contribution in [1.82, 2.24) is 10.3 Å². The van der Waals surface area contributed by atoms with Crippen molar-refractivity contribution in [3.63, 3.8) is 0 Å². The average Bonchev–Trinajstić information content (AvgIpc) is 2.34. The second-order valence-electron chi connectivity index (χ2n) is 6.07. The highest BCUT2D eigenvalue weighted by Crippen LogP contribution is 2.22. The molecule has 0 saturated carbocycles. The maximum atomic E-state index is 12.2. The van der Waals surface area contributed by atoms with Gasteiger partial charge in [0.1, 0.15) is 5.82 Å². The number of hydrogen-bond acceptors (Lipinski definition) is 4. The van der Waals surface area contributed by atoms with E-state index < -0.39 is 0 Å². The summed E-state index contributed by atoms with van der Waals surface area (Å²) in [6.45, 7) is 8.69. The number of rotatable bonds is 5. The maximum Gasteiger partial charge on any atom is 0.251 e. The standard InChI is InChI=1S/C15H25N3O2/c1-10(6-7-20-5)17-14(19)11-8-12(15(2,3)4)18-13(16)9-11/h8-10H,6-7H2,1-5H3,(H2,16,18)(H,17,19). The molecule has 3 N–H and O–H groups in total. The Labute approximate surface area is 120 Å². The van der Waals surface area contributed by atoms with Gasteiger partial charge in [0.25, 0.3) is 5.91 Å². The number of hydrogen-bond donors (Lipinski definition) is 2. The van der Waals surface area contributed by atoms with E-state index in [9.17, 15) is 4.79 Å². The van der Waals surface area contributed by atoms with E-state index in [1.807, 2.05) is 27.7 Å². The van der Waals surface area contributed by atoms with Crippen LogP contribution in [0.5, 0.6) is 0 Å². The zero-order chi connectivity index (χ0) is 15.3. The van der Waals surface area contributed by atoms with Gasteiger partial charge in [-0.3, -0.25) is 4.79 Å². The summed E-state index contributed by atoms with van der Waals surface area (Å²) in [6.07, 6.45) is 0.773. The number of ether oxygens (including phenoxy) is 1. The highest BCUT2D eigenvalue weighted by molar-refractivity contribution is 5.95. The predicted octanol–water partition coefficient (Wildman–Crippen LogP) is 2.12. The van der Waals surface area contributed by atoms with Crippen LogP contribution in [0.1, 0.15) is 50.2 Å². The van der Waals surface area contributed by atoms with E-state index >= 15 is 0 Å². The molecule has 1 heterocycles. The number of nitrogens with zero attached hydrogens (tertiary/aromatic N) is 1. The first-order valence-corrected chi connectivity index (χ1v) is 6.82. The normalized spacial score (nSPS) is 13.1. The third-order valence-electron chi connectivity index (χ3n) is 3.01. The number of methoxy groups -OCH3 is 1. The molecule has 0 saturated heterocycles. The highest BCUT2D eigenvalue weighted by Gasteiger charge is 2.19. The molecule has 1 aromatic rings. The molecule has 0 aromatic carbocycles. The molecule has 0 spiro atoms. The lowest BCUT2D eigenvalue weighted by molar-refractivity contribution is 0.0929. The largest absolute Gasteiger partial charge is 0.385 e. The van der Waals surface area contributed by atoms with E-state index in [-0.39, 0.29) is 17.4 Å². The lowest BCUT2D eigenvalue weighted by Gasteiger charge is -2.19. The molecule has 0 radical (unpaired) electrons. The van der Waals surface area contributed by atoms with E-state index in [0.717, 1.165) is 12.1 Å². The third kappa shape index (κ3) is 4.81. The van der Waals surface area contributed by atoms with Crippen molar-refractivity contribution >= 4 is 11.7 Å². The number of carbonyl (C=O) groups is 1. The number of carbonyl (C=O) groups excluding carboxylic acids is 1. The lowest BCUT2D eigenvalue weighted by Crippen LogP contribution is -2.33. The van der Waals surface area contributed by atoms with Gasteiger partial charge in [0.05, 0.1) is 0 Å². The minimum absolute atomic E-state index is 0.0509. The molecule has 0 aliphatic rings. The lowest BCUT2D eigenvalue weighted by atomic mass is 9.90. The molecular weight excluding hydrogens is 254 g/mol. The summed E-state index contributed by atoms with van der Waals surface area (Å²) in [5.41, 5.74) is 7.01. The van der Waals surface area contributed by atoms with Crippen LogP contribution in [0.2, 0.25) is 0 Å². The number of anilines is 1. The Balaban J connectivity index is 2.85. The SMILES string of the molecule is COCCC(C)NC(=O)c1cc(N)nc(C(C)(C)C)c1. The quantitative estimate of drug-likeness (QED) is 0.865. The molecule has 0 fully saturated rings. The van der Waals surface area contributed by atoms with Crippen molar-refractivity contribution in [2.45, 2.75) is 45.6 Å². The third-order valence-corrected chi connectivity index (χ3v) is 3.01. The number of nitrogens with two attached hydrogens (primary N) is 1. The fourth-order valence-corrected chi connectivity index (χ4v) is 1.74. The zero-order valence-corrected chi connectivity index (χ0v) is 13.0. The van der Waals surface area contributed by atoms with Crippen LogP contribution < -0.4 is 11.1 Å². The van der Waals surface area contributed by atoms with E-state index in [1.165, 1.54) is 0 Å². The van der Waals surface area contributed by atoms with Gasteiger partial charge in [-0.1, -0.05) is 20.8 Å². The van der Waals surface area contributed by atoms with Gasteiger partial charge in [-0.15, -0.1) is 0 Å². The zero-order valence-electron chi connectivity index (χ0n) is 13.0. The van der Waals surface area contributed by atoms with Crippen molar-refractivity contribution in [3.05, 3.63) is 23.4 Å². The fourth-order valence-electron chi connectivity index (χ4n) is 1.74. The smallest absolute Gasteiger partial charge is 0.251 e. The first kappa shape index (κ1) is 16.4. The Morgan fingerprint density at radius 1 is 1.45 bits per heavy atom. The number of amides is 1. The van der Waals surface area contributed by atoms with E-state index in [0.29, 0.717) is 18.0 Å². The molecular formula is C15H25N3O2. The van der Waals surface area contributed by atoms with Gasteiger partial charge in [0.15, 0.2) is 0 Å². The number of aromatic nitrogens is 1. The molecule has 5 heteroatoms. The average molecular weight is 279 g/mol. The Hall–Kier alpha value is -1.62. The van der Waals surface area contributed by atoms with Crippen LogP contribution in [-0.2, 0) is 10.2 Å². The number of pyridine rings is 1. The number of nitrogens with one attached hydrogen (secondary N) is 1. The second-order valence-corrected chi connectivity index (χ2v) is 6.07. The summed E-state index contributed by atoms with van der Waals surface area (Å²) in [6, 6.07) is 3.46. The van der Waals surface area contributed by atoms with Gasteiger partial charge in [-0.2, -0.15) is 0 Å². The molecule has 1 amide bonds. The van der Waals surface area contributed by atoms with Gasteiger partial charge in [-0.25, -0.2) is 4.98 Å².